The molecule has 8 heteroatoms. The molecule has 1 aromatic heterocycles. The molecular weight excluding hydrogens is 482 g/mol. The fourth-order valence-electron chi connectivity index (χ4n) is 4.11. The Kier molecular flexibility index (Phi) is 6.60. The minimum Gasteiger partial charge on any atom is -0.325 e. The van der Waals surface area contributed by atoms with Crippen molar-refractivity contribution in [1.82, 2.24) is 4.90 Å². The molecule has 182 valence electrons. The van der Waals surface area contributed by atoms with E-state index in [0.29, 0.717) is 5.69 Å². The number of hydrogen-bond acceptors (Lipinski definition) is 5. The maximum absolute atomic E-state index is 13.7. The van der Waals surface area contributed by atoms with Crippen LogP contribution in [0.2, 0.25) is 5.02 Å². The van der Waals surface area contributed by atoms with E-state index in [1.807, 2.05) is 32.0 Å². The predicted octanol–water partition coefficient (Wildman–Crippen LogP) is 5.63. The molecule has 2 amide bonds. The zero-order chi connectivity index (χ0) is 25.5. The van der Waals surface area contributed by atoms with Gasteiger partial charge in [0.05, 0.1) is 27.4 Å². The van der Waals surface area contributed by atoms with Crippen molar-refractivity contribution in [3.05, 3.63) is 88.2 Å². The van der Waals surface area contributed by atoms with Crippen LogP contribution in [0.15, 0.2) is 65.8 Å². The van der Waals surface area contributed by atoms with Gasteiger partial charge in [-0.1, -0.05) is 44.5 Å². The van der Waals surface area contributed by atoms with E-state index >= 15 is 0 Å². The van der Waals surface area contributed by atoms with E-state index in [-0.39, 0.29) is 21.6 Å². The molecule has 0 saturated heterocycles. The zero-order valence-corrected chi connectivity index (χ0v) is 22.3. The third-order valence-corrected chi connectivity index (χ3v) is 7.38. The lowest BCUT2D eigenvalue weighted by molar-refractivity contribution is -0.885. The van der Waals surface area contributed by atoms with Crippen molar-refractivity contribution >= 4 is 41.1 Å². The van der Waals surface area contributed by atoms with Gasteiger partial charge in [-0.05, 0) is 67.1 Å². The number of anilines is 1. The lowest BCUT2D eigenvalue weighted by Crippen LogP contribution is -2.48. The van der Waals surface area contributed by atoms with Crippen LogP contribution in [0.3, 0.4) is 0 Å². The minimum atomic E-state index is -0.939. The van der Waals surface area contributed by atoms with Gasteiger partial charge in [-0.2, -0.15) is 0 Å². The van der Waals surface area contributed by atoms with Crippen molar-refractivity contribution < 1.29 is 19.2 Å². The lowest BCUT2D eigenvalue weighted by atomic mass is 9.87. The fraction of sp³-hybridized carbons (Fsp3) is 0.296. The van der Waals surface area contributed by atoms with Gasteiger partial charge in [0, 0.05) is 21.3 Å². The van der Waals surface area contributed by atoms with E-state index in [4.69, 9.17) is 16.4 Å². The average Bonchev–Trinajstić information content (AvgIpc) is 3.10. The van der Waals surface area contributed by atoms with E-state index in [0.717, 1.165) is 10.5 Å². The number of benzene rings is 2. The molecule has 0 radical (unpaired) electrons. The van der Waals surface area contributed by atoms with Crippen LogP contribution in [-0.2, 0) is 11.0 Å². The number of nitrogens with zero attached hydrogens (tertiary/aromatic N) is 2. The molecule has 0 fully saturated rings. The first-order valence-corrected chi connectivity index (χ1v) is 12.5. The predicted molar refractivity (Wildman–Crippen MR) is 139 cm³/mol. The third kappa shape index (κ3) is 4.62. The van der Waals surface area contributed by atoms with Gasteiger partial charge in [-0.3, -0.25) is 19.3 Å². The highest BCUT2D eigenvalue weighted by molar-refractivity contribution is 8.00. The summed E-state index contributed by atoms with van der Waals surface area (Å²) in [7, 11) is 1.55. The Balaban J connectivity index is 1.65. The summed E-state index contributed by atoms with van der Waals surface area (Å²) in [6, 6.07) is 15.3. The second-order valence-corrected chi connectivity index (χ2v) is 11.3. The number of hydrogen-bond donors (Lipinski definition) is 1. The van der Waals surface area contributed by atoms with E-state index in [1.54, 1.807) is 37.7 Å². The van der Waals surface area contributed by atoms with E-state index < -0.39 is 17.4 Å². The summed E-state index contributed by atoms with van der Waals surface area (Å²) in [5.41, 5.74) is 2.16. The van der Waals surface area contributed by atoms with Gasteiger partial charge in [0.1, 0.15) is 7.11 Å². The highest BCUT2D eigenvalue weighted by Crippen LogP contribution is 2.41. The molecule has 0 unspecified atom stereocenters. The molecule has 0 spiro atoms. The van der Waals surface area contributed by atoms with Gasteiger partial charge >= 0.3 is 0 Å². The Bertz CT molecular complexity index is 1300. The maximum Gasteiger partial charge on any atom is 0.264 e. The van der Waals surface area contributed by atoms with Crippen LogP contribution in [0.1, 0.15) is 66.5 Å². The second-order valence-electron chi connectivity index (χ2n) is 9.96. The molecule has 0 saturated carbocycles. The van der Waals surface area contributed by atoms with Crippen molar-refractivity contribution in [3.8, 4) is 0 Å². The zero-order valence-electron chi connectivity index (χ0n) is 20.7. The Morgan fingerprint density at radius 2 is 1.57 bits per heavy atom. The molecule has 1 aliphatic rings. The normalized spacial score (nSPS) is 13.7. The number of rotatable bonds is 6. The fourth-order valence-corrected chi connectivity index (χ4v) is 5.02. The standard InChI is InChI=1S/C27H28ClN3O3S/c1-26(2,3)17-9-11-19(12-10-17)35-29-21-14-13-20(28)22-23(21)25(33)31(24(22)32)27(4,5)18-8-7-15-30(16-18)34-6/h7-16H,1-6H3/p+1. The summed E-state index contributed by atoms with van der Waals surface area (Å²) in [5.74, 6) is -0.812. The van der Waals surface area contributed by atoms with Crippen molar-refractivity contribution in [2.75, 3.05) is 11.8 Å². The third-order valence-electron chi connectivity index (χ3n) is 6.24. The van der Waals surface area contributed by atoms with E-state index in [9.17, 15) is 9.59 Å². The summed E-state index contributed by atoms with van der Waals surface area (Å²) in [6.45, 7) is 10.2. The molecule has 0 atom stereocenters. The van der Waals surface area contributed by atoms with Gasteiger partial charge in [0.2, 0.25) is 12.4 Å². The van der Waals surface area contributed by atoms with Crippen molar-refractivity contribution in [1.29, 1.82) is 0 Å². The van der Waals surface area contributed by atoms with Crippen molar-refractivity contribution in [2.45, 2.75) is 50.5 Å². The van der Waals surface area contributed by atoms with Gasteiger partial charge < -0.3 is 4.72 Å². The summed E-state index contributed by atoms with van der Waals surface area (Å²) >= 11 is 7.81. The highest BCUT2D eigenvalue weighted by Gasteiger charge is 2.48. The number of nitrogens with one attached hydrogen (secondary N) is 1. The molecule has 4 rings (SSSR count). The second kappa shape index (κ2) is 9.21. The quantitative estimate of drug-likeness (QED) is 0.264. The van der Waals surface area contributed by atoms with Crippen LogP contribution >= 0.6 is 23.5 Å². The highest BCUT2D eigenvalue weighted by atomic mass is 35.5. The van der Waals surface area contributed by atoms with Crippen molar-refractivity contribution in [2.24, 2.45) is 0 Å². The molecule has 6 nitrogen and oxygen atoms in total. The molecular formula is C27H29ClN3O3S+. The van der Waals surface area contributed by atoms with Crippen LogP contribution in [0.5, 0.6) is 0 Å². The smallest absolute Gasteiger partial charge is 0.264 e. The van der Waals surface area contributed by atoms with Gasteiger partial charge in [0.25, 0.3) is 11.8 Å². The first kappa shape index (κ1) is 25.1. The Morgan fingerprint density at radius 1 is 0.914 bits per heavy atom. The maximum atomic E-state index is 13.7. The topological polar surface area (TPSA) is 62.5 Å². The SMILES string of the molecule is CO[n+]1cccc(C(C)(C)N2C(=O)c3c(Cl)ccc(NSc4ccc(C(C)(C)C)cc4)c3C2=O)c1. The summed E-state index contributed by atoms with van der Waals surface area (Å²) in [4.78, 5) is 34.7. The van der Waals surface area contributed by atoms with Crippen molar-refractivity contribution in [3.63, 3.8) is 0 Å². The van der Waals surface area contributed by atoms with Gasteiger partial charge in [-0.25, -0.2) is 0 Å². The summed E-state index contributed by atoms with van der Waals surface area (Å²) in [6.07, 6.45) is 3.49. The number of carbonyl (C=O) groups excluding carboxylic acids is 2. The van der Waals surface area contributed by atoms with Crippen LogP contribution in [0.25, 0.3) is 0 Å². The Hall–Kier alpha value is -3.03. The monoisotopic (exact) mass is 510 g/mol. The Labute approximate surface area is 215 Å². The first-order valence-electron chi connectivity index (χ1n) is 11.3. The molecule has 1 N–H and O–H groups in total. The molecule has 1 aliphatic heterocycles. The molecule has 3 aromatic rings. The Morgan fingerprint density at radius 3 is 2.20 bits per heavy atom. The van der Waals surface area contributed by atoms with Gasteiger partial charge in [0.15, 0.2) is 0 Å². The largest absolute Gasteiger partial charge is 0.325 e. The van der Waals surface area contributed by atoms with Crippen LogP contribution in [0, 0.1) is 0 Å². The van der Waals surface area contributed by atoms with E-state index in [2.05, 4.69) is 37.6 Å². The first-order chi connectivity index (χ1) is 16.4. The average molecular weight is 511 g/mol. The number of carbonyl (C=O) groups is 2. The number of imide groups is 1. The summed E-state index contributed by atoms with van der Waals surface area (Å²) in [5, 5.41) is 0.252. The van der Waals surface area contributed by atoms with Crippen LogP contribution < -0.4 is 14.3 Å². The van der Waals surface area contributed by atoms with E-state index in [1.165, 1.54) is 27.1 Å². The lowest BCUT2D eigenvalue weighted by Gasteiger charge is -2.33. The van der Waals surface area contributed by atoms with Crippen LogP contribution in [-0.4, -0.2) is 23.8 Å². The number of fused-ring (bicyclic) bond motifs is 1. The molecule has 35 heavy (non-hydrogen) atoms. The number of pyridine rings is 1. The number of amides is 2. The number of halogens is 1. The minimum absolute atomic E-state index is 0.0674. The molecule has 2 heterocycles. The van der Waals surface area contributed by atoms with Gasteiger partial charge in [-0.15, -0.1) is 0 Å². The molecule has 2 aromatic carbocycles. The summed E-state index contributed by atoms with van der Waals surface area (Å²) < 4.78 is 4.79. The number of aromatic nitrogens is 1. The van der Waals surface area contributed by atoms with Crippen LogP contribution in [0.4, 0.5) is 5.69 Å². The molecule has 0 aliphatic carbocycles. The molecule has 0 bridgehead atoms.